The maximum Gasteiger partial charge on any atom is 0.270 e. The fourth-order valence-corrected chi connectivity index (χ4v) is 3.63. The van der Waals surface area contributed by atoms with Gasteiger partial charge in [0.2, 0.25) is 0 Å². The van der Waals surface area contributed by atoms with E-state index in [0.717, 1.165) is 18.5 Å². The van der Waals surface area contributed by atoms with Crippen LogP contribution in [-0.4, -0.2) is 38.8 Å². The molecule has 1 atom stereocenters. The summed E-state index contributed by atoms with van der Waals surface area (Å²) in [4.78, 5) is 26.0. The van der Waals surface area contributed by atoms with E-state index >= 15 is 0 Å². The van der Waals surface area contributed by atoms with Crippen molar-refractivity contribution in [3.63, 3.8) is 0 Å². The Labute approximate surface area is 150 Å². The number of carbonyl (C=O) groups excluding carboxylic acids is 1. The second-order valence-corrected chi connectivity index (χ2v) is 6.74. The zero-order chi connectivity index (χ0) is 18.1. The lowest BCUT2D eigenvalue weighted by Gasteiger charge is -2.32. The summed E-state index contributed by atoms with van der Waals surface area (Å²) >= 11 is 0. The number of hydrogen-bond donors (Lipinski definition) is 2. The molecule has 0 spiro atoms. The van der Waals surface area contributed by atoms with Crippen molar-refractivity contribution in [3.8, 4) is 0 Å². The number of amides is 1. The van der Waals surface area contributed by atoms with Gasteiger partial charge in [-0.3, -0.25) is 9.78 Å². The van der Waals surface area contributed by atoms with Gasteiger partial charge in [-0.1, -0.05) is 12.1 Å². The lowest BCUT2D eigenvalue weighted by atomic mass is 9.93. The Morgan fingerprint density at radius 1 is 1.35 bits per heavy atom. The van der Waals surface area contributed by atoms with Crippen LogP contribution in [-0.2, 0) is 6.42 Å². The lowest BCUT2D eigenvalue weighted by molar-refractivity contribution is 0.0668. The minimum atomic E-state index is -0.351. The molecule has 1 amide bonds. The Kier molecular flexibility index (Phi) is 4.28. The van der Waals surface area contributed by atoms with Gasteiger partial charge in [-0.25, -0.2) is 9.37 Å². The van der Waals surface area contributed by atoms with Crippen molar-refractivity contribution in [1.82, 2.24) is 19.9 Å². The van der Waals surface area contributed by atoms with Crippen molar-refractivity contribution < 1.29 is 9.18 Å². The van der Waals surface area contributed by atoms with Gasteiger partial charge in [0.05, 0.1) is 11.2 Å². The number of nitrogens with zero attached hydrogens (tertiary/aromatic N) is 3. The maximum absolute atomic E-state index is 13.9. The van der Waals surface area contributed by atoms with E-state index in [9.17, 15) is 9.18 Å². The van der Waals surface area contributed by atoms with E-state index in [4.69, 9.17) is 5.73 Å². The highest BCUT2D eigenvalue weighted by molar-refractivity contribution is 5.98. The molecular weight excluding hydrogens is 333 g/mol. The van der Waals surface area contributed by atoms with Gasteiger partial charge in [0.15, 0.2) is 0 Å². The molecule has 1 unspecified atom stereocenters. The highest BCUT2D eigenvalue weighted by Gasteiger charge is 2.26. The van der Waals surface area contributed by atoms with Crippen LogP contribution in [0.4, 0.5) is 10.2 Å². The number of nitrogens with two attached hydrogens (primary N) is 1. The molecule has 3 heterocycles. The predicted molar refractivity (Wildman–Crippen MR) is 97.0 cm³/mol. The molecule has 0 aliphatic carbocycles. The monoisotopic (exact) mass is 353 g/mol. The summed E-state index contributed by atoms with van der Waals surface area (Å²) in [7, 11) is 0. The number of anilines is 1. The highest BCUT2D eigenvalue weighted by atomic mass is 19.1. The van der Waals surface area contributed by atoms with Crippen LogP contribution in [0.15, 0.2) is 36.7 Å². The number of carbonyl (C=O) groups is 1. The first-order valence-corrected chi connectivity index (χ1v) is 8.73. The third kappa shape index (κ3) is 3.12. The smallest absolute Gasteiger partial charge is 0.270 e. The average Bonchev–Trinajstić information content (AvgIpc) is 3.09. The van der Waals surface area contributed by atoms with Crippen molar-refractivity contribution in [1.29, 1.82) is 0 Å². The number of halogens is 1. The first-order valence-electron chi connectivity index (χ1n) is 8.73. The number of likely N-dealkylation sites (tertiary alicyclic amines) is 1. The normalized spacial score (nSPS) is 17.6. The molecule has 3 aromatic rings. The number of H-pyrrole nitrogens is 1. The van der Waals surface area contributed by atoms with Crippen molar-refractivity contribution in [2.45, 2.75) is 19.3 Å². The van der Waals surface area contributed by atoms with E-state index in [0.29, 0.717) is 41.9 Å². The summed E-state index contributed by atoms with van der Waals surface area (Å²) in [5.41, 5.74) is 7.46. The molecule has 1 saturated heterocycles. The summed E-state index contributed by atoms with van der Waals surface area (Å²) in [5, 5.41) is 0.703. The Hall–Kier alpha value is -2.96. The number of piperidine rings is 1. The number of para-hydroxylation sites is 1. The molecule has 1 fully saturated rings. The number of nitrogens with one attached hydrogen (secondary N) is 1. The Morgan fingerprint density at radius 2 is 2.19 bits per heavy atom. The highest BCUT2D eigenvalue weighted by Crippen LogP contribution is 2.24. The molecule has 0 saturated carbocycles. The van der Waals surface area contributed by atoms with Crippen LogP contribution >= 0.6 is 0 Å². The van der Waals surface area contributed by atoms with E-state index < -0.39 is 0 Å². The number of fused-ring (bicyclic) bond motifs is 1. The molecule has 1 aliphatic rings. The van der Waals surface area contributed by atoms with Gasteiger partial charge in [-0.05, 0) is 37.3 Å². The molecule has 1 aliphatic heterocycles. The molecular formula is C19H20FN5O. The SMILES string of the molecule is Nc1nccnc1CC1CCCN(C(=O)c2cc3cccc(F)c3[nH]2)C1. The minimum absolute atomic E-state index is 0.0996. The van der Waals surface area contributed by atoms with Gasteiger partial charge >= 0.3 is 0 Å². The zero-order valence-corrected chi connectivity index (χ0v) is 14.3. The molecule has 4 rings (SSSR count). The number of rotatable bonds is 3. The van der Waals surface area contributed by atoms with Gasteiger partial charge < -0.3 is 15.6 Å². The zero-order valence-electron chi connectivity index (χ0n) is 14.3. The van der Waals surface area contributed by atoms with Crippen molar-refractivity contribution in [2.24, 2.45) is 5.92 Å². The number of hydrogen-bond acceptors (Lipinski definition) is 4. The Balaban J connectivity index is 1.50. The molecule has 1 aromatic carbocycles. The molecule has 134 valence electrons. The van der Waals surface area contributed by atoms with Crippen LogP contribution in [0.5, 0.6) is 0 Å². The summed E-state index contributed by atoms with van der Waals surface area (Å²) in [6, 6.07) is 6.53. The molecule has 7 heteroatoms. The van der Waals surface area contributed by atoms with Crippen LogP contribution < -0.4 is 5.73 Å². The number of aromatic amines is 1. The van der Waals surface area contributed by atoms with Crippen molar-refractivity contribution in [3.05, 3.63) is 53.9 Å². The van der Waals surface area contributed by atoms with E-state index in [1.54, 1.807) is 30.6 Å². The van der Waals surface area contributed by atoms with Crippen LogP contribution in [0.3, 0.4) is 0 Å². The molecule has 26 heavy (non-hydrogen) atoms. The van der Waals surface area contributed by atoms with Crippen LogP contribution in [0.1, 0.15) is 29.0 Å². The quantitative estimate of drug-likeness (QED) is 0.758. The summed E-state index contributed by atoms with van der Waals surface area (Å²) in [6.07, 6.45) is 5.85. The van der Waals surface area contributed by atoms with Crippen LogP contribution in [0.25, 0.3) is 10.9 Å². The average molecular weight is 353 g/mol. The van der Waals surface area contributed by atoms with E-state index in [-0.39, 0.29) is 17.6 Å². The topological polar surface area (TPSA) is 87.9 Å². The fourth-order valence-electron chi connectivity index (χ4n) is 3.63. The Morgan fingerprint density at radius 3 is 3.00 bits per heavy atom. The summed E-state index contributed by atoms with van der Waals surface area (Å²) in [5.74, 6) is 0.281. The number of aromatic nitrogens is 3. The minimum Gasteiger partial charge on any atom is -0.382 e. The summed E-state index contributed by atoms with van der Waals surface area (Å²) < 4.78 is 13.9. The first-order chi connectivity index (χ1) is 12.6. The molecule has 3 N–H and O–H groups in total. The third-order valence-corrected chi connectivity index (χ3v) is 4.93. The predicted octanol–water partition coefficient (Wildman–Crippen LogP) is 2.77. The second kappa shape index (κ2) is 6.74. The largest absolute Gasteiger partial charge is 0.382 e. The van der Waals surface area contributed by atoms with Crippen LogP contribution in [0, 0.1) is 11.7 Å². The van der Waals surface area contributed by atoms with E-state index in [1.807, 2.05) is 4.90 Å². The van der Waals surface area contributed by atoms with Crippen molar-refractivity contribution >= 4 is 22.6 Å². The van der Waals surface area contributed by atoms with E-state index in [1.165, 1.54) is 6.07 Å². The summed E-state index contributed by atoms with van der Waals surface area (Å²) in [6.45, 7) is 1.33. The third-order valence-electron chi connectivity index (χ3n) is 4.93. The maximum atomic E-state index is 13.9. The van der Waals surface area contributed by atoms with Gasteiger partial charge in [0.1, 0.15) is 17.3 Å². The van der Waals surface area contributed by atoms with Gasteiger partial charge in [-0.2, -0.15) is 0 Å². The van der Waals surface area contributed by atoms with E-state index in [2.05, 4.69) is 15.0 Å². The van der Waals surface area contributed by atoms with Gasteiger partial charge in [0.25, 0.3) is 5.91 Å². The molecule has 2 aromatic heterocycles. The lowest BCUT2D eigenvalue weighted by Crippen LogP contribution is -2.40. The number of nitrogen functional groups attached to an aromatic ring is 1. The first kappa shape index (κ1) is 16.5. The molecule has 0 radical (unpaired) electrons. The number of benzene rings is 1. The molecule has 0 bridgehead atoms. The van der Waals surface area contributed by atoms with Crippen LogP contribution in [0.2, 0.25) is 0 Å². The standard InChI is InChI=1S/C19H20FN5O/c20-14-5-1-4-13-10-16(24-17(13)14)19(26)25-8-2-3-12(11-25)9-15-18(21)23-7-6-22-15/h1,4-7,10,12,24H,2-3,8-9,11H2,(H2,21,23). The second-order valence-electron chi connectivity index (χ2n) is 6.74. The van der Waals surface area contributed by atoms with Gasteiger partial charge in [0, 0.05) is 30.9 Å². The molecule has 6 nitrogen and oxygen atoms in total. The van der Waals surface area contributed by atoms with Gasteiger partial charge in [-0.15, -0.1) is 0 Å². The fraction of sp³-hybridized carbons (Fsp3) is 0.316. The Bertz CT molecular complexity index is 954. The van der Waals surface area contributed by atoms with Crippen molar-refractivity contribution in [2.75, 3.05) is 18.8 Å².